The molecule has 5 nitrogen and oxygen atoms in total. The summed E-state index contributed by atoms with van der Waals surface area (Å²) in [5, 5.41) is 23.8. The molecule has 21 heavy (non-hydrogen) atoms. The largest absolute Gasteiger partial charge is 0.481 e. The maximum atomic E-state index is 11.3. The van der Waals surface area contributed by atoms with Crippen molar-refractivity contribution >= 4 is 5.97 Å². The van der Waals surface area contributed by atoms with E-state index in [-0.39, 0.29) is 0 Å². The van der Waals surface area contributed by atoms with Crippen LogP contribution in [0.5, 0.6) is 0 Å². The maximum Gasteiger partial charge on any atom is 0.309 e. The Morgan fingerprint density at radius 1 is 1.33 bits per heavy atom. The fourth-order valence-electron chi connectivity index (χ4n) is 2.28. The number of para-hydroxylation sites is 1. The van der Waals surface area contributed by atoms with Crippen LogP contribution in [0.3, 0.4) is 0 Å². The smallest absolute Gasteiger partial charge is 0.309 e. The van der Waals surface area contributed by atoms with E-state index in [0.29, 0.717) is 12.0 Å². The summed E-state index contributed by atoms with van der Waals surface area (Å²) in [5.41, 5.74) is 1.40. The number of aromatic nitrogens is 2. The van der Waals surface area contributed by atoms with Crippen LogP contribution in [0.1, 0.15) is 37.9 Å². The van der Waals surface area contributed by atoms with Crippen LogP contribution in [0.25, 0.3) is 5.69 Å². The van der Waals surface area contributed by atoms with Gasteiger partial charge in [-0.1, -0.05) is 38.0 Å². The summed E-state index contributed by atoms with van der Waals surface area (Å²) in [6, 6.07) is 9.50. The van der Waals surface area contributed by atoms with Gasteiger partial charge in [0.2, 0.25) is 0 Å². The Balaban J connectivity index is 2.17. The summed E-state index contributed by atoms with van der Waals surface area (Å²) in [7, 11) is 0. The molecule has 112 valence electrons. The first-order valence-electron chi connectivity index (χ1n) is 7.14. The van der Waals surface area contributed by atoms with Gasteiger partial charge in [-0.05, 0) is 18.6 Å². The normalized spacial score (nSPS) is 13.8. The standard InChI is InChI=1S/C16H20N2O3/c1-2-3-9-14(16(20)21)15(19)12-10-17-18(11-12)13-7-5-4-6-8-13/h4-8,10-11,14-15,19H,2-3,9H2,1H3,(H,20,21). The fourth-order valence-corrected chi connectivity index (χ4v) is 2.28. The molecule has 2 aromatic rings. The maximum absolute atomic E-state index is 11.3. The molecular formula is C16H20N2O3. The first kappa shape index (κ1) is 15.3. The number of carbonyl (C=O) groups is 1. The second-order valence-electron chi connectivity index (χ2n) is 5.09. The molecule has 2 unspecified atom stereocenters. The van der Waals surface area contributed by atoms with E-state index in [4.69, 9.17) is 0 Å². The van der Waals surface area contributed by atoms with E-state index in [0.717, 1.165) is 18.5 Å². The third-order valence-electron chi connectivity index (χ3n) is 3.53. The van der Waals surface area contributed by atoms with Crippen molar-refractivity contribution in [3.63, 3.8) is 0 Å². The topological polar surface area (TPSA) is 75.3 Å². The predicted molar refractivity (Wildman–Crippen MR) is 79.2 cm³/mol. The fraction of sp³-hybridized carbons (Fsp3) is 0.375. The summed E-state index contributed by atoms with van der Waals surface area (Å²) in [6.07, 6.45) is 4.32. The average molecular weight is 288 g/mol. The van der Waals surface area contributed by atoms with Crippen molar-refractivity contribution in [1.82, 2.24) is 9.78 Å². The van der Waals surface area contributed by atoms with E-state index >= 15 is 0 Å². The number of aliphatic hydroxyl groups is 1. The lowest BCUT2D eigenvalue weighted by Gasteiger charge is -2.17. The molecular weight excluding hydrogens is 268 g/mol. The number of unbranched alkanes of at least 4 members (excludes halogenated alkanes) is 1. The second-order valence-corrected chi connectivity index (χ2v) is 5.09. The van der Waals surface area contributed by atoms with Crippen molar-refractivity contribution in [2.75, 3.05) is 0 Å². The van der Waals surface area contributed by atoms with E-state index in [1.807, 2.05) is 37.3 Å². The lowest BCUT2D eigenvalue weighted by atomic mass is 9.93. The van der Waals surface area contributed by atoms with Crippen LogP contribution in [-0.4, -0.2) is 26.0 Å². The van der Waals surface area contributed by atoms with Crippen LogP contribution in [-0.2, 0) is 4.79 Å². The van der Waals surface area contributed by atoms with Crippen molar-refractivity contribution in [3.8, 4) is 5.69 Å². The molecule has 2 rings (SSSR count). The highest BCUT2D eigenvalue weighted by atomic mass is 16.4. The van der Waals surface area contributed by atoms with Gasteiger partial charge in [-0.2, -0.15) is 5.10 Å². The summed E-state index contributed by atoms with van der Waals surface area (Å²) in [6.45, 7) is 2.00. The molecule has 0 bridgehead atoms. The van der Waals surface area contributed by atoms with Gasteiger partial charge in [0.1, 0.15) is 0 Å². The zero-order valence-corrected chi connectivity index (χ0v) is 12.0. The first-order chi connectivity index (χ1) is 10.1. The number of aliphatic hydroxyl groups excluding tert-OH is 1. The zero-order chi connectivity index (χ0) is 15.2. The molecule has 0 saturated heterocycles. The van der Waals surface area contributed by atoms with E-state index in [1.165, 1.54) is 6.20 Å². The molecule has 5 heteroatoms. The molecule has 0 saturated carbocycles. The van der Waals surface area contributed by atoms with Crippen molar-refractivity contribution in [3.05, 3.63) is 48.3 Å². The van der Waals surface area contributed by atoms with Crippen LogP contribution in [0.2, 0.25) is 0 Å². The van der Waals surface area contributed by atoms with Crippen LogP contribution in [0, 0.1) is 5.92 Å². The molecule has 0 aliphatic heterocycles. The van der Waals surface area contributed by atoms with Crippen molar-refractivity contribution < 1.29 is 15.0 Å². The Morgan fingerprint density at radius 2 is 2.05 bits per heavy atom. The number of carboxylic acid groups (broad SMARTS) is 1. The summed E-state index contributed by atoms with van der Waals surface area (Å²) < 4.78 is 1.64. The third-order valence-corrected chi connectivity index (χ3v) is 3.53. The van der Waals surface area contributed by atoms with Gasteiger partial charge in [0.05, 0.1) is 23.9 Å². The van der Waals surface area contributed by atoms with Crippen molar-refractivity contribution in [1.29, 1.82) is 0 Å². The van der Waals surface area contributed by atoms with E-state index in [9.17, 15) is 15.0 Å². The highest BCUT2D eigenvalue weighted by Crippen LogP contribution is 2.27. The molecule has 2 atom stereocenters. The average Bonchev–Trinajstić information content (AvgIpc) is 2.98. The van der Waals surface area contributed by atoms with Crippen LogP contribution < -0.4 is 0 Å². The minimum atomic E-state index is -1.04. The summed E-state index contributed by atoms with van der Waals surface area (Å²) in [5.74, 6) is -1.76. The molecule has 0 spiro atoms. The number of aliphatic carboxylic acids is 1. The summed E-state index contributed by atoms with van der Waals surface area (Å²) >= 11 is 0. The molecule has 0 fully saturated rings. The highest BCUT2D eigenvalue weighted by molar-refractivity contribution is 5.71. The van der Waals surface area contributed by atoms with Gasteiger partial charge in [-0.15, -0.1) is 0 Å². The number of hydrogen-bond acceptors (Lipinski definition) is 3. The van der Waals surface area contributed by atoms with E-state index in [1.54, 1.807) is 10.9 Å². The van der Waals surface area contributed by atoms with Crippen LogP contribution >= 0.6 is 0 Å². The lowest BCUT2D eigenvalue weighted by molar-refractivity contribution is -0.146. The third kappa shape index (κ3) is 3.70. The second kappa shape index (κ2) is 7.04. The molecule has 0 radical (unpaired) electrons. The molecule has 0 aliphatic rings. The van der Waals surface area contributed by atoms with Gasteiger partial charge in [-0.3, -0.25) is 4.79 Å². The Morgan fingerprint density at radius 3 is 2.67 bits per heavy atom. The summed E-state index contributed by atoms with van der Waals surface area (Å²) in [4.78, 5) is 11.3. The van der Waals surface area contributed by atoms with Gasteiger partial charge in [0.25, 0.3) is 0 Å². The monoisotopic (exact) mass is 288 g/mol. The van der Waals surface area contributed by atoms with E-state index in [2.05, 4.69) is 5.10 Å². The SMILES string of the molecule is CCCCC(C(=O)O)C(O)c1cnn(-c2ccccc2)c1. The Labute approximate surface area is 123 Å². The minimum absolute atomic E-state index is 0.462. The number of benzene rings is 1. The number of carboxylic acids is 1. The van der Waals surface area contributed by atoms with Crippen molar-refractivity contribution in [2.45, 2.75) is 32.3 Å². The zero-order valence-electron chi connectivity index (χ0n) is 12.0. The Bertz CT molecular complexity index is 580. The highest BCUT2D eigenvalue weighted by Gasteiger charge is 2.28. The van der Waals surface area contributed by atoms with Gasteiger partial charge in [0.15, 0.2) is 0 Å². The minimum Gasteiger partial charge on any atom is -0.481 e. The molecule has 1 aromatic carbocycles. The number of nitrogens with zero attached hydrogens (tertiary/aromatic N) is 2. The molecule has 1 aromatic heterocycles. The lowest BCUT2D eigenvalue weighted by Crippen LogP contribution is -2.21. The van der Waals surface area contributed by atoms with Crippen LogP contribution in [0.4, 0.5) is 0 Å². The first-order valence-corrected chi connectivity index (χ1v) is 7.14. The molecule has 0 aliphatic carbocycles. The quantitative estimate of drug-likeness (QED) is 0.821. The van der Waals surface area contributed by atoms with Gasteiger partial charge in [0, 0.05) is 11.8 Å². The Hall–Kier alpha value is -2.14. The molecule has 1 heterocycles. The number of rotatable bonds is 7. The van der Waals surface area contributed by atoms with Gasteiger partial charge < -0.3 is 10.2 Å². The van der Waals surface area contributed by atoms with Gasteiger partial charge in [-0.25, -0.2) is 4.68 Å². The predicted octanol–water partition coefficient (Wildman–Crippen LogP) is 2.80. The van der Waals surface area contributed by atoms with Gasteiger partial charge >= 0.3 is 5.97 Å². The molecule has 0 amide bonds. The number of hydrogen-bond donors (Lipinski definition) is 2. The van der Waals surface area contributed by atoms with Crippen molar-refractivity contribution in [2.24, 2.45) is 5.92 Å². The van der Waals surface area contributed by atoms with E-state index < -0.39 is 18.0 Å². The van der Waals surface area contributed by atoms with Crippen LogP contribution in [0.15, 0.2) is 42.7 Å². The molecule has 2 N–H and O–H groups in total. The Kier molecular flexibility index (Phi) is 5.11.